The van der Waals surface area contributed by atoms with Gasteiger partial charge in [-0.1, -0.05) is 62.0 Å². The van der Waals surface area contributed by atoms with Crippen LogP contribution in [0.3, 0.4) is 0 Å². The Kier molecular flexibility index (Phi) is 11.8. The van der Waals surface area contributed by atoms with Crippen LogP contribution in [0.2, 0.25) is 0 Å². The van der Waals surface area contributed by atoms with Crippen molar-refractivity contribution >= 4 is 29.5 Å². The predicted octanol–water partition coefficient (Wildman–Crippen LogP) is 5.88. The maximum Gasteiger partial charge on any atom is 0.191 e. The molecule has 3 unspecified atom stereocenters. The molecule has 0 heterocycles. The van der Waals surface area contributed by atoms with E-state index < -0.39 is 10.4 Å². The Morgan fingerprint density at radius 2 is 2.00 bits per heavy atom. The standard InChI is InChI=1S/C21H32Cl2O4/c1-4-7-10-18(11-9-15-25-17(6-3)16-24)27-19-12-8-13-21(22,23)20(19)26-14-5-2/h5,8,12-14,16-18,20H,4,6-7,9-11,15H2,1-3H3. The molecule has 0 aromatic rings. The summed E-state index contributed by atoms with van der Waals surface area (Å²) < 4.78 is 16.3. The van der Waals surface area contributed by atoms with E-state index in [-0.39, 0.29) is 12.2 Å². The topological polar surface area (TPSA) is 44.8 Å². The molecule has 0 radical (unpaired) electrons. The normalized spacial score (nSPS) is 20.9. The van der Waals surface area contributed by atoms with Crippen LogP contribution in [0.5, 0.6) is 0 Å². The monoisotopic (exact) mass is 418 g/mol. The Bertz CT molecular complexity index is 514. The third kappa shape index (κ3) is 8.71. The van der Waals surface area contributed by atoms with Crippen molar-refractivity contribution in [1.29, 1.82) is 0 Å². The zero-order valence-electron chi connectivity index (χ0n) is 16.5. The fraction of sp³-hybridized carbons (Fsp3) is 0.667. The lowest BCUT2D eigenvalue weighted by Gasteiger charge is -2.33. The van der Waals surface area contributed by atoms with Crippen LogP contribution in [0.4, 0.5) is 0 Å². The molecule has 0 aromatic heterocycles. The number of hydrogen-bond donors (Lipinski definition) is 0. The van der Waals surface area contributed by atoms with Crippen LogP contribution in [-0.4, -0.2) is 35.5 Å². The van der Waals surface area contributed by atoms with Gasteiger partial charge in [0.05, 0.1) is 12.4 Å². The molecule has 3 atom stereocenters. The summed E-state index contributed by atoms with van der Waals surface area (Å²) in [5.41, 5.74) is 0. The highest BCUT2D eigenvalue weighted by atomic mass is 35.5. The van der Waals surface area contributed by atoms with Gasteiger partial charge in [-0.2, -0.15) is 0 Å². The van der Waals surface area contributed by atoms with E-state index in [9.17, 15) is 4.79 Å². The zero-order valence-corrected chi connectivity index (χ0v) is 18.0. The second kappa shape index (κ2) is 13.2. The van der Waals surface area contributed by atoms with E-state index in [2.05, 4.69) is 6.92 Å². The van der Waals surface area contributed by atoms with Gasteiger partial charge in [-0.3, -0.25) is 0 Å². The highest BCUT2D eigenvalue weighted by Gasteiger charge is 2.40. The van der Waals surface area contributed by atoms with Gasteiger partial charge in [-0.05, 0) is 44.8 Å². The Morgan fingerprint density at radius 1 is 1.26 bits per heavy atom. The summed E-state index contributed by atoms with van der Waals surface area (Å²) >= 11 is 12.8. The molecule has 0 aromatic carbocycles. The van der Waals surface area contributed by atoms with Crippen molar-refractivity contribution in [3.63, 3.8) is 0 Å². The fourth-order valence-corrected chi connectivity index (χ4v) is 3.20. The lowest BCUT2D eigenvalue weighted by atomic mass is 10.1. The molecular formula is C21H32Cl2O4. The van der Waals surface area contributed by atoms with Gasteiger partial charge in [-0.15, -0.1) is 0 Å². The van der Waals surface area contributed by atoms with Crippen molar-refractivity contribution in [1.82, 2.24) is 0 Å². The molecule has 0 spiro atoms. The average Bonchev–Trinajstić information content (AvgIpc) is 2.65. The Labute approximate surface area is 173 Å². The number of rotatable bonds is 14. The third-order valence-electron chi connectivity index (χ3n) is 4.28. The SMILES string of the molecule is CC=COC1C(OC(CCCC)CCCOC(C=O)CC)=CC=CC1(Cl)Cl. The van der Waals surface area contributed by atoms with E-state index in [1.54, 1.807) is 24.5 Å². The summed E-state index contributed by atoms with van der Waals surface area (Å²) in [7, 11) is 0. The van der Waals surface area contributed by atoms with Crippen molar-refractivity contribution < 1.29 is 19.0 Å². The number of alkyl halides is 2. The largest absolute Gasteiger partial charge is 0.491 e. The van der Waals surface area contributed by atoms with Crippen LogP contribution in [0.15, 0.2) is 36.3 Å². The van der Waals surface area contributed by atoms with E-state index >= 15 is 0 Å². The first-order valence-electron chi connectivity index (χ1n) is 9.75. The number of carbonyl (C=O) groups is 1. The minimum Gasteiger partial charge on any atom is -0.491 e. The van der Waals surface area contributed by atoms with Crippen LogP contribution >= 0.6 is 23.2 Å². The lowest BCUT2D eigenvalue weighted by molar-refractivity contribution is -0.118. The van der Waals surface area contributed by atoms with Gasteiger partial charge in [0.15, 0.2) is 10.4 Å². The minimum absolute atomic E-state index is 0.0171. The molecule has 1 rings (SSSR count). The number of allylic oxidation sites excluding steroid dienone is 3. The number of hydrogen-bond acceptors (Lipinski definition) is 4. The van der Waals surface area contributed by atoms with Gasteiger partial charge in [0.1, 0.15) is 18.1 Å². The molecule has 4 nitrogen and oxygen atoms in total. The van der Waals surface area contributed by atoms with Crippen LogP contribution in [0, 0.1) is 0 Å². The first-order valence-corrected chi connectivity index (χ1v) is 10.5. The quantitative estimate of drug-likeness (QED) is 0.153. The van der Waals surface area contributed by atoms with E-state index in [1.165, 1.54) is 0 Å². The van der Waals surface area contributed by atoms with Crippen molar-refractivity contribution in [2.45, 2.75) is 81.9 Å². The number of ether oxygens (including phenoxy) is 3. The number of halogens is 2. The summed E-state index contributed by atoms with van der Waals surface area (Å²) in [4.78, 5) is 10.8. The Morgan fingerprint density at radius 3 is 2.63 bits per heavy atom. The van der Waals surface area contributed by atoms with Crippen molar-refractivity contribution in [2.75, 3.05) is 6.61 Å². The summed E-state index contributed by atoms with van der Waals surface area (Å²) in [6, 6.07) is 0. The molecular weight excluding hydrogens is 387 g/mol. The molecule has 0 bridgehead atoms. The molecule has 0 N–H and O–H groups in total. The van der Waals surface area contributed by atoms with E-state index in [1.807, 2.05) is 19.9 Å². The summed E-state index contributed by atoms with van der Waals surface area (Å²) in [5, 5.41) is 0. The maximum absolute atomic E-state index is 10.8. The van der Waals surface area contributed by atoms with Gasteiger partial charge >= 0.3 is 0 Å². The number of carbonyl (C=O) groups excluding carboxylic acids is 1. The fourth-order valence-electron chi connectivity index (χ4n) is 2.74. The molecule has 27 heavy (non-hydrogen) atoms. The van der Waals surface area contributed by atoms with E-state index in [0.717, 1.165) is 38.4 Å². The predicted molar refractivity (Wildman–Crippen MR) is 111 cm³/mol. The zero-order chi connectivity index (χ0) is 20.1. The molecule has 0 fully saturated rings. The second-order valence-electron chi connectivity index (χ2n) is 6.57. The molecule has 0 amide bonds. The van der Waals surface area contributed by atoms with Crippen molar-refractivity contribution in [2.24, 2.45) is 0 Å². The molecule has 1 aliphatic carbocycles. The molecule has 154 valence electrons. The minimum atomic E-state index is -1.18. The van der Waals surface area contributed by atoms with Crippen molar-refractivity contribution in [3.05, 3.63) is 36.3 Å². The van der Waals surface area contributed by atoms with Crippen LogP contribution in [0.25, 0.3) is 0 Å². The molecule has 0 aliphatic heterocycles. The molecule has 1 aliphatic rings. The first kappa shape index (κ1) is 24.1. The van der Waals surface area contributed by atoms with Crippen molar-refractivity contribution in [3.8, 4) is 0 Å². The molecule has 0 saturated heterocycles. The smallest absolute Gasteiger partial charge is 0.191 e. The van der Waals surface area contributed by atoms with Gasteiger partial charge < -0.3 is 19.0 Å². The Balaban J connectivity index is 2.68. The highest BCUT2D eigenvalue weighted by molar-refractivity contribution is 6.50. The summed E-state index contributed by atoms with van der Waals surface area (Å²) in [5.74, 6) is 0.627. The van der Waals surface area contributed by atoms with Crippen LogP contribution in [0.1, 0.15) is 59.3 Å². The number of aldehydes is 1. The van der Waals surface area contributed by atoms with E-state index in [0.29, 0.717) is 18.8 Å². The highest BCUT2D eigenvalue weighted by Crippen LogP contribution is 2.38. The maximum atomic E-state index is 10.8. The lowest BCUT2D eigenvalue weighted by Crippen LogP contribution is -2.36. The van der Waals surface area contributed by atoms with E-state index in [4.69, 9.17) is 37.4 Å². The van der Waals surface area contributed by atoms with Crippen LogP contribution < -0.4 is 0 Å². The average molecular weight is 419 g/mol. The summed E-state index contributed by atoms with van der Waals surface area (Å²) in [6.07, 6.45) is 14.0. The van der Waals surface area contributed by atoms with Crippen LogP contribution in [-0.2, 0) is 19.0 Å². The van der Waals surface area contributed by atoms with Gasteiger partial charge in [0.2, 0.25) is 0 Å². The molecule has 0 saturated carbocycles. The second-order valence-corrected chi connectivity index (χ2v) is 8.01. The first-order chi connectivity index (χ1) is 13.0. The Hall–Kier alpha value is -0.970. The third-order valence-corrected chi connectivity index (χ3v) is 4.92. The number of unbranched alkanes of at least 4 members (excludes halogenated alkanes) is 1. The summed E-state index contributed by atoms with van der Waals surface area (Å²) in [6.45, 7) is 6.49. The van der Waals surface area contributed by atoms with Gasteiger partial charge in [-0.25, -0.2) is 0 Å². The molecule has 6 heteroatoms. The van der Waals surface area contributed by atoms with Gasteiger partial charge in [0, 0.05) is 6.61 Å². The van der Waals surface area contributed by atoms with Gasteiger partial charge in [0.25, 0.3) is 0 Å².